The molecule has 7 heteroatoms. The van der Waals surface area contributed by atoms with E-state index in [0.717, 1.165) is 16.7 Å². The van der Waals surface area contributed by atoms with Crippen LogP contribution in [0.5, 0.6) is 0 Å². The number of allylic oxidation sites excluding steroid dienone is 1. The summed E-state index contributed by atoms with van der Waals surface area (Å²) in [5.41, 5.74) is 0.706. The smallest absolute Gasteiger partial charge is 0.420 e. The lowest BCUT2D eigenvalue weighted by atomic mass is 9.97. The van der Waals surface area contributed by atoms with Crippen LogP contribution < -0.4 is 0 Å². The predicted octanol–water partition coefficient (Wildman–Crippen LogP) is 5.50. The van der Waals surface area contributed by atoms with Crippen LogP contribution in [0.2, 0.25) is 0 Å². The quantitative estimate of drug-likeness (QED) is 0.678. The monoisotopic (exact) mass is 419 g/mol. The molecule has 0 bridgehead atoms. The van der Waals surface area contributed by atoms with Gasteiger partial charge < -0.3 is 14.6 Å². The standard InChI is InChI=1S/C23H33NO6/c1-15(16(2)17-12-10-9-11-13-17)14-18(19(25)26)24(20(27)29-22(3,4)5)21(28)30-23(6,7)8/h9-13,18H,14H2,1-8H3,(H,25,26)/b16-15-/t18-/m0/s1. The number of imide groups is 1. The van der Waals surface area contributed by atoms with Crippen LogP contribution in [-0.4, -0.2) is 45.4 Å². The molecular weight excluding hydrogens is 386 g/mol. The first-order valence-corrected chi connectivity index (χ1v) is 9.82. The Labute approximate surface area is 178 Å². The van der Waals surface area contributed by atoms with Crippen LogP contribution in [0.15, 0.2) is 35.9 Å². The molecule has 30 heavy (non-hydrogen) atoms. The highest BCUT2D eigenvalue weighted by Crippen LogP contribution is 2.25. The number of hydrogen-bond donors (Lipinski definition) is 1. The van der Waals surface area contributed by atoms with Gasteiger partial charge in [0.2, 0.25) is 0 Å². The second-order valence-electron chi connectivity index (χ2n) is 9.16. The van der Waals surface area contributed by atoms with E-state index in [1.165, 1.54) is 0 Å². The second kappa shape index (κ2) is 9.78. The Hall–Kier alpha value is -2.83. The van der Waals surface area contributed by atoms with Gasteiger partial charge >= 0.3 is 18.2 Å². The van der Waals surface area contributed by atoms with E-state index in [2.05, 4.69) is 0 Å². The lowest BCUT2D eigenvalue weighted by Gasteiger charge is -2.32. The van der Waals surface area contributed by atoms with Gasteiger partial charge in [-0.3, -0.25) is 0 Å². The molecule has 0 radical (unpaired) electrons. The molecule has 0 unspecified atom stereocenters. The van der Waals surface area contributed by atoms with Gasteiger partial charge in [-0.25, -0.2) is 14.4 Å². The molecule has 0 saturated carbocycles. The highest BCUT2D eigenvalue weighted by Gasteiger charge is 2.40. The highest BCUT2D eigenvalue weighted by molar-refractivity contribution is 5.94. The van der Waals surface area contributed by atoms with Crippen molar-refractivity contribution in [2.45, 2.75) is 79.1 Å². The molecule has 0 fully saturated rings. The zero-order valence-electron chi connectivity index (χ0n) is 19.1. The fourth-order valence-electron chi connectivity index (χ4n) is 2.62. The summed E-state index contributed by atoms with van der Waals surface area (Å²) in [5, 5.41) is 9.86. The number of carboxylic acids is 1. The summed E-state index contributed by atoms with van der Waals surface area (Å²) in [4.78, 5) is 38.2. The van der Waals surface area contributed by atoms with E-state index < -0.39 is 35.4 Å². The number of ether oxygens (including phenoxy) is 2. The minimum Gasteiger partial charge on any atom is -0.480 e. The predicted molar refractivity (Wildman–Crippen MR) is 115 cm³/mol. The van der Waals surface area contributed by atoms with Crippen molar-refractivity contribution in [1.82, 2.24) is 4.90 Å². The number of nitrogens with zero attached hydrogens (tertiary/aromatic N) is 1. The molecule has 1 atom stereocenters. The first-order valence-electron chi connectivity index (χ1n) is 9.82. The number of carboxylic acid groups (broad SMARTS) is 1. The molecule has 0 aliphatic rings. The fourth-order valence-corrected chi connectivity index (χ4v) is 2.62. The lowest BCUT2D eigenvalue weighted by Crippen LogP contribution is -2.52. The van der Waals surface area contributed by atoms with Crippen molar-refractivity contribution in [3.8, 4) is 0 Å². The molecular formula is C23H33NO6. The lowest BCUT2D eigenvalue weighted by molar-refractivity contribution is -0.143. The SMILES string of the molecule is C/C(C[C@@H](C(=O)O)N(C(=O)OC(C)(C)C)C(=O)OC(C)(C)C)=C(\C)c1ccccc1. The Bertz CT molecular complexity index is 771. The summed E-state index contributed by atoms with van der Waals surface area (Å²) in [6.45, 7) is 13.5. The molecule has 0 aromatic heterocycles. The number of benzene rings is 1. The van der Waals surface area contributed by atoms with Gasteiger partial charge in [0.25, 0.3) is 0 Å². The Balaban J connectivity index is 3.34. The fraction of sp³-hybridized carbons (Fsp3) is 0.522. The minimum absolute atomic E-state index is 0.0610. The number of carbonyl (C=O) groups is 3. The minimum atomic E-state index is -1.48. The van der Waals surface area contributed by atoms with Gasteiger partial charge in [0.15, 0.2) is 0 Å². The van der Waals surface area contributed by atoms with Crippen molar-refractivity contribution in [3.63, 3.8) is 0 Å². The van der Waals surface area contributed by atoms with Crippen LogP contribution in [0.4, 0.5) is 9.59 Å². The number of amides is 2. The van der Waals surface area contributed by atoms with Gasteiger partial charge in [0, 0.05) is 6.42 Å². The molecule has 0 heterocycles. The van der Waals surface area contributed by atoms with Crippen molar-refractivity contribution in [2.75, 3.05) is 0 Å². The van der Waals surface area contributed by atoms with E-state index >= 15 is 0 Å². The third-order valence-corrected chi connectivity index (χ3v) is 4.12. The van der Waals surface area contributed by atoms with Crippen molar-refractivity contribution < 1.29 is 29.0 Å². The normalized spacial score (nSPS) is 13.7. The van der Waals surface area contributed by atoms with E-state index in [9.17, 15) is 19.5 Å². The van der Waals surface area contributed by atoms with Crippen LogP contribution >= 0.6 is 0 Å². The average molecular weight is 420 g/mol. The summed E-state index contributed by atoms with van der Waals surface area (Å²) in [5.74, 6) is -1.33. The molecule has 1 N–H and O–H groups in total. The molecule has 166 valence electrons. The topological polar surface area (TPSA) is 93.1 Å². The highest BCUT2D eigenvalue weighted by atomic mass is 16.6. The molecule has 7 nitrogen and oxygen atoms in total. The third-order valence-electron chi connectivity index (χ3n) is 4.12. The van der Waals surface area contributed by atoms with Gasteiger partial charge in [0.05, 0.1) is 0 Å². The van der Waals surface area contributed by atoms with Crippen molar-refractivity contribution in [3.05, 3.63) is 41.5 Å². The summed E-state index contributed by atoms with van der Waals surface area (Å²) < 4.78 is 10.6. The number of hydrogen-bond acceptors (Lipinski definition) is 5. The maximum atomic E-state index is 12.8. The molecule has 0 aliphatic heterocycles. The van der Waals surface area contributed by atoms with Crippen molar-refractivity contribution >= 4 is 23.7 Å². The van der Waals surface area contributed by atoms with E-state index in [4.69, 9.17) is 9.47 Å². The van der Waals surface area contributed by atoms with Crippen LogP contribution in [0.1, 0.15) is 67.4 Å². The first kappa shape index (κ1) is 25.2. The zero-order chi connectivity index (χ0) is 23.3. The molecule has 0 spiro atoms. The molecule has 1 aromatic carbocycles. The van der Waals surface area contributed by atoms with Crippen molar-refractivity contribution in [1.29, 1.82) is 0 Å². The summed E-state index contributed by atoms with van der Waals surface area (Å²) in [6, 6.07) is 8.00. The molecule has 0 aliphatic carbocycles. The van der Waals surface area contributed by atoms with Crippen LogP contribution in [0.25, 0.3) is 5.57 Å². The number of rotatable bonds is 5. The maximum Gasteiger partial charge on any atom is 0.420 e. The van der Waals surface area contributed by atoms with Crippen molar-refractivity contribution in [2.24, 2.45) is 0 Å². The van der Waals surface area contributed by atoms with Gasteiger partial charge in [-0.1, -0.05) is 35.9 Å². The van der Waals surface area contributed by atoms with Gasteiger partial charge in [-0.15, -0.1) is 0 Å². The van der Waals surface area contributed by atoms with Gasteiger partial charge in [-0.2, -0.15) is 4.90 Å². The molecule has 0 saturated heterocycles. The zero-order valence-corrected chi connectivity index (χ0v) is 19.1. The van der Waals surface area contributed by atoms with Crippen LogP contribution in [0.3, 0.4) is 0 Å². The van der Waals surface area contributed by atoms with E-state index in [1.807, 2.05) is 37.3 Å². The van der Waals surface area contributed by atoms with E-state index in [1.54, 1.807) is 48.5 Å². The largest absolute Gasteiger partial charge is 0.480 e. The Morgan fingerprint density at radius 1 is 0.900 bits per heavy atom. The molecule has 2 amide bonds. The third kappa shape index (κ3) is 7.89. The Morgan fingerprint density at radius 3 is 1.70 bits per heavy atom. The Kier molecular flexibility index (Phi) is 8.22. The first-order chi connectivity index (χ1) is 13.6. The van der Waals surface area contributed by atoms with Gasteiger partial charge in [0.1, 0.15) is 17.2 Å². The number of carbonyl (C=O) groups excluding carboxylic acids is 2. The summed E-state index contributed by atoms with van der Waals surface area (Å²) in [7, 11) is 0. The van der Waals surface area contributed by atoms with Crippen LogP contribution in [-0.2, 0) is 14.3 Å². The summed E-state index contributed by atoms with van der Waals surface area (Å²) >= 11 is 0. The van der Waals surface area contributed by atoms with E-state index in [0.29, 0.717) is 4.90 Å². The van der Waals surface area contributed by atoms with Gasteiger partial charge in [-0.05, 0) is 66.5 Å². The summed E-state index contributed by atoms with van der Waals surface area (Å²) in [6.07, 6.45) is -2.18. The van der Waals surface area contributed by atoms with E-state index in [-0.39, 0.29) is 6.42 Å². The second-order valence-corrected chi connectivity index (χ2v) is 9.16. The van der Waals surface area contributed by atoms with Crippen LogP contribution in [0, 0.1) is 0 Å². The molecule has 1 rings (SSSR count). The molecule has 1 aromatic rings. The average Bonchev–Trinajstić information content (AvgIpc) is 2.57. The maximum absolute atomic E-state index is 12.8. The number of aliphatic carboxylic acids is 1. The Morgan fingerprint density at radius 2 is 1.33 bits per heavy atom.